The smallest absolute Gasteiger partial charge is 0.319 e. The molecule has 1 atom stereocenters. The summed E-state index contributed by atoms with van der Waals surface area (Å²) in [6.07, 6.45) is 0.636. The van der Waals surface area contributed by atoms with Crippen molar-refractivity contribution in [1.29, 1.82) is 0 Å². The van der Waals surface area contributed by atoms with Crippen molar-refractivity contribution in [1.82, 2.24) is 5.32 Å². The van der Waals surface area contributed by atoms with Gasteiger partial charge in [0.1, 0.15) is 6.61 Å². The summed E-state index contributed by atoms with van der Waals surface area (Å²) in [5.41, 5.74) is 0.467. The van der Waals surface area contributed by atoms with Crippen LogP contribution in [-0.2, 0) is 4.74 Å². The lowest BCUT2D eigenvalue weighted by Gasteiger charge is -2.17. The first-order chi connectivity index (χ1) is 10.6. The minimum absolute atomic E-state index is 0.114. The third-order valence-corrected chi connectivity index (χ3v) is 3.24. The van der Waals surface area contributed by atoms with Gasteiger partial charge in [-0.1, -0.05) is 24.6 Å². The van der Waals surface area contributed by atoms with E-state index in [-0.39, 0.29) is 12.6 Å². The van der Waals surface area contributed by atoms with Gasteiger partial charge in [-0.2, -0.15) is 0 Å². The van der Waals surface area contributed by atoms with Crippen molar-refractivity contribution in [2.45, 2.75) is 26.3 Å². The molecule has 0 unspecified atom stereocenters. The maximum atomic E-state index is 11.9. The summed E-state index contributed by atoms with van der Waals surface area (Å²) in [6, 6.07) is 4.39. The Labute approximate surface area is 135 Å². The Balaban J connectivity index is 2.68. The predicted octanol–water partition coefficient (Wildman–Crippen LogP) is 2.65. The van der Waals surface area contributed by atoms with E-state index in [1.165, 1.54) is 0 Å². The maximum absolute atomic E-state index is 11.9. The average molecular weight is 331 g/mol. The van der Waals surface area contributed by atoms with Crippen molar-refractivity contribution in [3.05, 3.63) is 23.2 Å². The van der Waals surface area contributed by atoms with Crippen LogP contribution in [0.4, 0.5) is 10.5 Å². The number of carbonyl (C=O) groups excluding carboxylic acids is 1. The predicted molar refractivity (Wildman–Crippen MR) is 86.8 cm³/mol. The van der Waals surface area contributed by atoms with Crippen LogP contribution in [0.1, 0.15) is 20.3 Å². The van der Waals surface area contributed by atoms with Crippen LogP contribution in [0.3, 0.4) is 0 Å². The summed E-state index contributed by atoms with van der Waals surface area (Å²) in [5.74, 6) is 0.399. The molecule has 1 rings (SSSR count). The molecular formula is C15H23ClN2O4. The number of para-hydroxylation sites is 1. The molecule has 3 N–H and O–H groups in total. The highest BCUT2D eigenvalue weighted by atomic mass is 35.5. The van der Waals surface area contributed by atoms with Crippen molar-refractivity contribution >= 4 is 23.3 Å². The van der Waals surface area contributed by atoms with Crippen molar-refractivity contribution in [3.8, 4) is 5.75 Å². The number of nitrogens with one attached hydrogen (secondary N) is 2. The van der Waals surface area contributed by atoms with E-state index in [1.54, 1.807) is 18.2 Å². The van der Waals surface area contributed by atoms with E-state index >= 15 is 0 Å². The Morgan fingerprint density at radius 3 is 2.77 bits per heavy atom. The summed E-state index contributed by atoms with van der Waals surface area (Å²) in [6.45, 7) is 5.05. The number of benzene rings is 1. The van der Waals surface area contributed by atoms with Gasteiger partial charge in [-0.25, -0.2) is 4.79 Å². The molecule has 1 aromatic carbocycles. The number of rotatable bonds is 9. The largest absolute Gasteiger partial charge is 0.487 e. The lowest BCUT2D eigenvalue weighted by Crippen LogP contribution is -2.39. The molecule has 0 saturated heterocycles. The maximum Gasteiger partial charge on any atom is 0.319 e. The van der Waals surface area contributed by atoms with Gasteiger partial charge in [-0.05, 0) is 25.5 Å². The standard InChI is InChI=1S/C15H23ClN2O4/c1-3-11(10-19)17-15(20)18-13-7-5-6-12(16)14(13)22-9-8-21-4-2/h5-7,11,19H,3-4,8-10H2,1-2H3,(H2,17,18,20)/t11-/m0/s1. The van der Waals surface area contributed by atoms with E-state index in [1.807, 2.05) is 13.8 Å². The monoisotopic (exact) mass is 330 g/mol. The van der Waals surface area contributed by atoms with Gasteiger partial charge >= 0.3 is 6.03 Å². The van der Waals surface area contributed by atoms with Crippen LogP contribution in [0.25, 0.3) is 0 Å². The third kappa shape index (κ3) is 6.09. The zero-order chi connectivity index (χ0) is 16.4. The Hall–Kier alpha value is -1.50. The fraction of sp³-hybridized carbons (Fsp3) is 0.533. The van der Waals surface area contributed by atoms with E-state index in [9.17, 15) is 4.79 Å². The van der Waals surface area contributed by atoms with Crippen molar-refractivity contribution in [3.63, 3.8) is 0 Å². The van der Waals surface area contributed by atoms with Crippen molar-refractivity contribution in [2.75, 3.05) is 31.7 Å². The van der Waals surface area contributed by atoms with Gasteiger partial charge in [-0.3, -0.25) is 0 Å². The molecule has 0 aliphatic heterocycles. The molecule has 0 aromatic heterocycles. The Morgan fingerprint density at radius 1 is 1.36 bits per heavy atom. The average Bonchev–Trinajstić information content (AvgIpc) is 2.51. The zero-order valence-electron chi connectivity index (χ0n) is 12.9. The molecule has 7 heteroatoms. The number of carbonyl (C=O) groups is 1. The second kappa shape index (κ2) is 10.3. The first kappa shape index (κ1) is 18.5. The summed E-state index contributed by atoms with van der Waals surface area (Å²) >= 11 is 6.11. The minimum Gasteiger partial charge on any atom is -0.487 e. The highest BCUT2D eigenvalue weighted by Gasteiger charge is 2.13. The van der Waals surface area contributed by atoms with Gasteiger partial charge in [0.25, 0.3) is 0 Å². The van der Waals surface area contributed by atoms with Gasteiger partial charge in [0.15, 0.2) is 5.75 Å². The zero-order valence-corrected chi connectivity index (χ0v) is 13.7. The van der Waals surface area contributed by atoms with E-state index in [2.05, 4.69) is 10.6 Å². The first-order valence-electron chi connectivity index (χ1n) is 7.29. The Bertz CT molecular complexity index is 467. The number of urea groups is 1. The van der Waals surface area contributed by atoms with E-state index in [0.29, 0.717) is 42.7 Å². The molecule has 0 aliphatic carbocycles. The molecule has 0 heterocycles. The highest BCUT2D eigenvalue weighted by molar-refractivity contribution is 6.32. The number of hydrogen-bond acceptors (Lipinski definition) is 4. The molecule has 6 nitrogen and oxygen atoms in total. The molecule has 124 valence electrons. The molecule has 1 aromatic rings. The highest BCUT2D eigenvalue weighted by Crippen LogP contribution is 2.32. The Morgan fingerprint density at radius 2 is 2.14 bits per heavy atom. The van der Waals surface area contributed by atoms with E-state index < -0.39 is 6.03 Å². The molecule has 22 heavy (non-hydrogen) atoms. The van der Waals surface area contributed by atoms with Crippen molar-refractivity contribution < 1.29 is 19.4 Å². The van der Waals surface area contributed by atoms with Gasteiger partial charge in [0.2, 0.25) is 0 Å². The molecule has 0 saturated carbocycles. The normalized spacial score (nSPS) is 11.8. The summed E-state index contributed by atoms with van der Waals surface area (Å²) < 4.78 is 10.8. The van der Waals surface area contributed by atoms with Crippen LogP contribution in [0.2, 0.25) is 5.02 Å². The number of amides is 2. The number of aliphatic hydroxyl groups is 1. The fourth-order valence-electron chi connectivity index (χ4n) is 1.72. The van der Waals surface area contributed by atoms with E-state index in [0.717, 1.165) is 0 Å². The molecule has 0 bridgehead atoms. The molecule has 2 amide bonds. The van der Waals surface area contributed by atoms with Gasteiger partial charge in [-0.15, -0.1) is 0 Å². The second-order valence-corrected chi connectivity index (χ2v) is 4.96. The third-order valence-electron chi connectivity index (χ3n) is 2.94. The van der Waals surface area contributed by atoms with Crippen LogP contribution in [-0.4, -0.2) is 43.6 Å². The SMILES string of the molecule is CCOCCOc1c(Cl)cccc1NC(=O)N[C@@H](CC)CO. The number of halogens is 1. The van der Waals surface area contributed by atoms with Crippen LogP contribution in [0, 0.1) is 0 Å². The van der Waals surface area contributed by atoms with Crippen LogP contribution in [0.15, 0.2) is 18.2 Å². The van der Waals surface area contributed by atoms with Crippen molar-refractivity contribution in [2.24, 2.45) is 0 Å². The van der Waals surface area contributed by atoms with Gasteiger partial charge in [0, 0.05) is 6.61 Å². The van der Waals surface area contributed by atoms with Gasteiger partial charge < -0.3 is 25.2 Å². The minimum atomic E-state index is -0.419. The van der Waals surface area contributed by atoms with E-state index in [4.69, 9.17) is 26.2 Å². The molecule has 0 radical (unpaired) electrons. The van der Waals surface area contributed by atoms with Gasteiger partial charge in [0.05, 0.1) is 30.0 Å². The second-order valence-electron chi connectivity index (χ2n) is 4.55. The summed E-state index contributed by atoms with van der Waals surface area (Å²) in [7, 11) is 0. The summed E-state index contributed by atoms with van der Waals surface area (Å²) in [4.78, 5) is 11.9. The number of aliphatic hydroxyl groups excluding tert-OH is 1. The molecule has 0 fully saturated rings. The number of anilines is 1. The molecule has 0 spiro atoms. The quantitative estimate of drug-likeness (QED) is 0.608. The number of hydrogen-bond donors (Lipinski definition) is 3. The molecule has 0 aliphatic rings. The summed E-state index contributed by atoms with van der Waals surface area (Å²) in [5, 5.41) is 14.9. The van der Waals surface area contributed by atoms with Crippen LogP contribution < -0.4 is 15.4 Å². The Kier molecular flexibility index (Phi) is 8.65. The lowest BCUT2D eigenvalue weighted by molar-refractivity contribution is 0.110. The fourth-order valence-corrected chi connectivity index (χ4v) is 1.95. The van der Waals surface area contributed by atoms with Crippen LogP contribution >= 0.6 is 11.6 Å². The topological polar surface area (TPSA) is 79.8 Å². The lowest BCUT2D eigenvalue weighted by atomic mass is 10.2. The molecular weight excluding hydrogens is 308 g/mol. The van der Waals surface area contributed by atoms with Crippen LogP contribution in [0.5, 0.6) is 5.75 Å². The first-order valence-corrected chi connectivity index (χ1v) is 7.67. The number of ether oxygens (including phenoxy) is 2.